The first-order valence-electron chi connectivity index (χ1n) is 7.49. The van der Waals surface area contributed by atoms with Crippen LogP contribution in [0.2, 0.25) is 0 Å². The predicted molar refractivity (Wildman–Crippen MR) is 76.5 cm³/mol. The summed E-state index contributed by atoms with van der Waals surface area (Å²) in [4.78, 5) is 22.2. The number of nitrogens with one attached hydrogen (secondary N) is 1. The number of amides is 1. The van der Waals surface area contributed by atoms with Crippen molar-refractivity contribution in [3.63, 3.8) is 0 Å². The van der Waals surface area contributed by atoms with Crippen LogP contribution in [-0.2, 0) is 14.3 Å². The van der Waals surface area contributed by atoms with Crippen LogP contribution in [-0.4, -0.2) is 36.2 Å². The number of rotatable bonds is 9. The summed E-state index contributed by atoms with van der Waals surface area (Å²) in [6.07, 6.45) is 5.35. The molecule has 5 heteroatoms. The molecule has 1 heterocycles. The molecule has 2 N–H and O–H groups in total. The van der Waals surface area contributed by atoms with Gasteiger partial charge in [0.2, 0.25) is 5.91 Å². The van der Waals surface area contributed by atoms with Crippen LogP contribution >= 0.6 is 0 Å². The molecule has 1 aliphatic heterocycles. The lowest BCUT2D eigenvalue weighted by Gasteiger charge is -2.23. The zero-order valence-corrected chi connectivity index (χ0v) is 12.6. The number of carbonyl (C=O) groups is 2. The Kier molecular flexibility index (Phi) is 6.99. The van der Waals surface area contributed by atoms with E-state index in [1.54, 1.807) is 0 Å². The van der Waals surface area contributed by atoms with Gasteiger partial charge in [0.05, 0.1) is 6.10 Å². The molecule has 1 rings (SSSR count). The number of hydrogen-bond acceptors (Lipinski definition) is 3. The lowest BCUT2D eigenvalue weighted by Crippen LogP contribution is -2.29. The van der Waals surface area contributed by atoms with E-state index in [4.69, 9.17) is 9.84 Å². The van der Waals surface area contributed by atoms with Crippen LogP contribution in [0, 0.1) is 5.41 Å². The minimum absolute atomic E-state index is 0.0553. The van der Waals surface area contributed by atoms with Gasteiger partial charge in [-0.3, -0.25) is 9.59 Å². The Morgan fingerprint density at radius 1 is 1.30 bits per heavy atom. The molecule has 20 heavy (non-hydrogen) atoms. The summed E-state index contributed by atoms with van der Waals surface area (Å²) in [6, 6.07) is 0. The van der Waals surface area contributed by atoms with Gasteiger partial charge in [-0.15, -0.1) is 0 Å². The molecule has 0 saturated carbocycles. The van der Waals surface area contributed by atoms with Crippen molar-refractivity contribution < 1.29 is 19.4 Å². The lowest BCUT2D eigenvalue weighted by molar-refractivity contribution is -0.137. The van der Waals surface area contributed by atoms with Crippen LogP contribution in [0.5, 0.6) is 0 Å². The van der Waals surface area contributed by atoms with Crippen molar-refractivity contribution in [2.75, 3.05) is 13.2 Å². The highest BCUT2D eigenvalue weighted by Crippen LogP contribution is 2.26. The number of ether oxygens (including phenoxy) is 1. The molecule has 1 saturated heterocycles. The Balaban J connectivity index is 2.09. The van der Waals surface area contributed by atoms with Crippen molar-refractivity contribution in [2.45, 2.75) is 64.9 Å². The van der Waals surface area contributed by atoms with E-state index in [9.17, 15) is 9.59 Å². The van der Waals surface area contributed by atoms with Gasteiger partial charge in [-0.05, 0) is 37.5 Å². The van der Waals surface area contributed by atoms with Gasteiger partial charge in [0.15, 0.2) is 0 Å². The second kappa shape index (κ2) is 8.25. The summed E-state index contributed by atoms with van der Waals surface area (Å²) >= 11 is 0. The maximum absolute atomic E-state index is 11.7. The summed E-state index contributed by atoms with van der Waals surface area (Å²) in [6.45, 7) is 5.50. The van der Waals surface area contributed by atoms with E-state index in [2.05, 4.69) is 5.32 Å². The number of carboxylic acid groups (broad SMARTS) is 1. The molecule has 116 valence electrons. The average molecular weight is 285 g/mol. The molecule has 0 aromatic rings. The van der Waals surface area contributed by atoms with E-state index in [0.717, 1.165) is 32.3 Å². The Bertz CT molecular complexity index is 322. The largest absolute Gasteiger partial charge is 0.481 e. The maximum atomic E-state index is 11.7. The van der Waals surface area contributed by atoms with E-state index in [1.807, 2.05) is 13.8 Å². The van der Waals surface area contributed by atoms with E-state index >= 15 is 0 Å². The Morgan fingerprint density at radius 3 is 2.65 bits per heavy atom. The third-order valence-electron chi connectivity index (χ3n) is 3.86. The van der Waals surface area contributed by atoms with Crippen LogP contribution in [0.4, 0.5) is 0 Å². The van der Waals surface area contributed by atoms with E-state index in [1.165, 1.54) is 0 Å². The summed E-state index contributed by atoms with van der Waals surface area (Å²) in [7, 11) is 0. The van der Waals surface area contributed by atoms with Crippen molar-refractivity contribution in [1.82, 2.24) is 5.32 Å². The maximum Gasteiger partial charge on any atom is 0.303 e. The molecule has 1 unspecified atom stereocenters. The molecule has 1 fully saturated rings. The molecule has 0 aromatic carbocycles. The molecular formula is C15H27NO4. The monoisotopic (exact) mass is 285 g/mol. The Morgan fingerprint density at radius 2 is 2.05 bits per heavy atom. The van der Waals surface area contributed by atoms with E-state index < -0.39 is 5.97 Å². The van der Waals surface area contributed by atoms with Crippen LogP contribution in [0.25, 0.3) is 0 Å². The topological polar surface area (TPSA) is 75.6 Å². The molecule has 0 aliphatic carbocycles. The van der Waals surface area contributed by atoms with Gasteiger partial charge in [-0.2, -0.15) is 0 Å². The van der Waals surface area contributed by atoms with Crippen molar-refractivity contribution in [2.24, 2.45) is 5.41 Å². The quantitative estimate of drug-likeness (QED) is 0.682. The van der Waals surface area contributed by atoms with Crippen LogP contribution < -0.4 is 5.32 Å². The zero-order valence-electron chi connectivity index (χ0n) is 12.6. The number of hydrogen-bond donors (Lipinski definition) is 2. The molecule has 5 nitrogen and oxygen atoms in total. The number of aliphatic carboxylic acids is 1. The standard InChI is InChI=1S/C15H27NO4/c1-15(2,8-7-14(18)19)9-10-16-13(17)6-5-12-4-3-11-20-12/h12H,3-11H2,1-2H3,(H,16,17)(H,18,19). The van der Waals surface area contributed by atoms with Gasteiger partial charge in [0, 0.05) is 26.0 Å². The fourth-order valence-electron chi connectivity index (χ4n) is 2.36. The number of carboxylic acids is 1. The molecule has 0 bridgehead atoms. The molecule has 0 aromatic heterocycles. The molecule has 1 atom stereocenters. The summed E-state index contributed by atoms with van der Waals surface area (Å²) in [5, 5.41) is 11.6. The third-order valence-corrected chi connectivity index (χ3v) is 3.86. The minimum atomic E-state index is -0.765. The molecule has 0 spiro atoms. The van der Waals surface area contributed by atoms with Gasteiger partial charge in [0.25, 0.3) is 0 Å². The molecule has 1 aliphatic rings. The van der Waals surface area contributed by atoms with Crippen molar-refractivity contribution in [3.8, 4) is 0 Å². The van der Waals surface area contributed by atoms with Gasteiger partial charge in [0.1, 0.15) is 0 Å². The smallest absolute Gasteiger partial charge is 0.303 e. The first-order chi connectivity index (χ1) is 9.39. The third kappa shape index (κ3) is 7.48. The summed E-state index contributed by atoms with van der Waals surface area (Å²) in [5.41, 5.74) is -0.0553. The van der Waals surface area contributed by atoms with Crippen molar-refractivity contribution in [1.29, 1.82) is 0 Å². The second-order valence-corrected chi connectivity index (χ2v) is 6.33. The normalized spacial score (nSPS) is 19.0. The van der Waals surface area contributed by atoms with Crippen LogP contribution in [0.15, 0.2) is 0 Å². The highest BCUT2D eigenvalue weighted by atomic mass is 16.5. The summed E-state index contributed by atoms with van der Waals surface area (Å²) in [5.74, 6) is -0.701. The average Bonchev–Trinajstić information content (AvgIpc) is 2.87. The predicted octanol–water partition coefficient (Wildman–Crippen LogP) is 2.34. The SMILES string of the molecule is CC(C)(CCNC(=O)CCC1CCCO1)CCC(=O)O. The molecular weight excluding hydrogens is 258 g/mol. The first-order valence-corrected chi connectivity index (χ1v) is 7.49. The Labute approximate surface area is 121 Å². The van der Waals surface area contributed by atoms with E-state index in [0.29, 0.717) is 19.4 Å². The van der Waals surface area contributed by atoms with Crippen molar-refractivity contribution >= 4 is 11.9 Å². The fourth-order valence-corrected chi connectivity index (χ4v) is 2.36. The molecule has 0 radical (unpaired) electrons. The highest BCUT2D eigenvalue weighted by molar-refractivity contribution is 5.75. The fraction of sp³-hybridized carbons (Fsp3) is 0.867. The lowest BCUT2D eigenvalue weighted by atomic mass is 9.84. The van der Waals surface area contributed by atoms with Gasteiger partial charge < -0.3 is 15.2 Å². The minimum Gasteiger partial charge on any atom is -0.481 e. The van der Waals surface area contributed by atoms with Gasteiger partial charge >= 0.3 is 5.97 Å². The first kappa shape index (κ1) is 17.0. The number of carbonyl (C=O) groups excluding carboxylic acids is 1. The van der Waals surface area contributed by atoms with Gasteiger partial charge in [-0.1, -0.05) is 13.8 Å². The van der Waals surface area contributed by atoms with Crippen LogP contribution in [0.1, 0.15) is 58.8 Å². The highest BCUT2D eigenvalue weighted by Gasteiger charge is 2.20. The van der Waals surface area contributed by atoms with Crippen molar-refractivity contribution in [3.05, 3.63) is 0 Å². The summed E-state index contributed by atoms with van der Waals surface area (Å²) < 4.78 is 5.48. The molecule has 1 amide bonds. The second-order valence-electron chi connectivity index (χ2n) is 6.33. The van der Waals surface area contributed by atoms with E-state index in [-0.39, 0.29) is 23.8 Å². The Hall–Kier alpha value is -1.10. The van der Waals surface area contributed by atoms with Gasteiger partial charge in [-0.25, -0.2) is 0 Å². The van der Waals surface area contributed by atoms with Crippen LogP contribution in [0.3, 0.4) is 0 Å². The zero-order chi connectivity index (χ0) is 15.0.